The van der Waals surface area contributed by atoms with Crippen molar-refractivity contribution in [1.29, 1.82) is 0 Å². The number of aryl methyl sites for hydroxylation is 1. The molecule has 0 saturated carbocycles. The number of rotatable bonds is 11. The van der Waals surface area contributed by atoms with Gasteiger partial charge in [0.1, 0.15) is 6.09 Å². The summed E-state index contributed by atoms with van der Waals surface area (Å²) >= 11 is 0. The highest BCUT2D eigenvalue weighted by molar-refractivity contribution is 7.89. The third kappa shape index (κ3) is 6.38. The Bertz CT molecular complexity index is 1170. The van der Waals surface area contributed by atoms with Gasteiger partial charge in [-0.1, -0.05) is 61.9 Å². The van der Waals surface area contributed by atoms with E-state index in [4.69, 9.17) is 9.47 Å². The third-order valence-corrected chi connectivity index (χ3v) is 9.13. The van der Waals surface area contributed by atoms with Crippen molar-refractivity contribution < 1.29 is 32.9 Å². The summed E-state index contributed by atoms with van der Waals surface area (Å²) in [6.07, 6.45) is -2.42. The molecular weight excluding hydrogens is 508 g/mol. The van der Waals surface area contributed by atoms with Crippen LogP contribution >= 0.6 is 0 Å². The fourth-order valence-corrected chi connectivity index (χ4v) is 7.01. The van der Waals surface area contributed by atoms with Crippen molar-refractivity contribution in [2.24, 2.45) is 11.8 Å². The molecule has 2 aromatic carbocycles. The molecule has 2 aliphatic heterocycles. The highest BCUT2D eigenvalue weighted by Gasteiger charge is 2.47. The molecule has 0 radical (unpaired) electrons. The SMILES string of the molecule is Cc1ccc(S(=O)(=O)N(CC(C)C)C[C@@H](O)[C@H](Cc2ccccc2)N(C(=O)[O-])[C@H]2CO[C@H]3OCC[C@H]32)cc1. The number of carbonyl (C=O) groups excluding carboxylic acids is 1. The molecule has 2 fully saturated rings. The molecule has 0 unspecified atom stereocenters. The van der Waals surface area contributed by atoms with Crippen LogP contribution < -0.4 is 5.11 Å². The Hall–Kier alpha value is -2.50. The van der Waals surface area contributed by atoms with Crippen LogP contribution in [-0.4, -0.2) is 79.6 Å². The minimum Gasteiger partial charge on any atom is -0.530 e. The molecule has 0 aliphatic carbocycles. The van der Waals surface area contributed by atoms with Crippen LogP contribution in [0.15, 0.2) is 59.5 Å². The maximum atomic E-state index is 13.6. The van der Waals surface area contributed by atoms with Crippen LogP contribution in [0.4, 0.5) is 4.79 Å². The molecule has 0 bridgehead atoms. The fourth-order valence-electron chi connectivity index (χ4n) is 5.39. The number of ether oxygens (including phenoxy) is 2. The number of aliphatic hydroxyl groups is 1. The molecular formula is C28H37N2O7S-. The van der Waals surface area contributed by atoms with Crippen LogP contribution in [0.5, 0.6) is 0 Å². The van der Waals surface area contributed by atoms with E-state index in [-0.39, 0.29) is 42.8 Å². The van der Waals surface area contributed by atoms with E-state index in [1.54, 1.807) is 24.3 Å². The van der Waals surface area contributed by atoms with Crippen LogP contribution in [0.25, 0.3) is 0 Å². The molecule has 0 aromatic heterocycles. The number of sulfonamides is 1. The van der Waals surface area contributed by atoms with Gasteiger partial charge in [0.15, 0.2) is 6.29 Å². The van der Waals surface area contributed by atoms with Gasteiger partial charge in [-0.2, -0.15) is 4.31 Å². The molecule has 0 spiro atoms. The van der Waals surface area contributed by atoms with Crippen molar-refractivity contribution in [3.05, 3.63) is 65.7 Å². The average molecular weight is 546 g/mol. The molecule has 4 rings (SSSR count). The topological polar surface area (TPSA) is 119 Å². The number of hydrogen-bond acceptors (Lipinski definition) is 7. The number of aliphatic hydroxyl groups excluding tert-OH is 1. The zero-order valence-electron chi connectivity index (χ0n) is 22.1. The predicted octanol–water partition coefficient (Wildman–Crippen LogP) is 2.02. The number of amides is 1. The first kappa shape index (κ1) is 28.5. The number of benzene rings is 2. The van der Waals surface area contributed by atoms with Gasteiger partial charge in [0.05, 0.1) is 36.3 Å². The van der Waals surface area contributed by atoms with Crippen molar-refractivity contribution in [3.8, 4) is 0 Å². The second kappa shape index (κ2) is 12.1. The van der Waals surface area contributed by atoms with Gasteiger partial charge in [0.25, 0.3) is 0 Å². The predicted molar refractivity (Wildman–Crippen MR) is 140 cm³/mol. The van der Waals surface area contributed by atoms with Crippen LogP contribution in [0.1, 0.15) is 31.4 Å². The Morgan fingerprint density at radius 1 is 1.08 bits per heavy atom. The van der Waals surface area contributed by atoms with Crippen molar-refractivity contribution in [1.82, 2.24) is 9.21 Å². The highest BCUT2D eigenvalue weighted by Crippen LogP contribution is 2.36. The van der Waals surface area contributed by atoms with Crippen LogP contribution in [0.3, 0.4) is 0 Å². The van der Waals surface area contributed by atoms with Gasteiger partial charge in [0.2, 0.25) is 10.0 Å². The van der Waals surface area contributed by atoms with Gasteiger partial charge in [-0.05, 0) is 43.4 Å². The first-order valence-electron chi connectivity index (χ1n) is 13.1. The standard InChI is InChI=1S/C28H38N2O7S/c1-19(2)16-29(38(34,35)22-11-9-20(3)10-12-22)17-26(31)24(15-21-7-5-4-6-8-21)30(28(32)33)25-18-37-27-23(25)13-14-36-27/h4-12,19,23-27,31H,13-18H2,1-3H3,(H,32,33)/p-1/t23-,24-,25-,26+,27+/m0/s1. The molecule has 5 atom stereocenters. The van der Waals surface area contributed by atoms with Gasteiger partial charge in [-0.15, -0.1) is 0 Å². The van der Waals surface area contributed by atoms with Crippen LogP contribution in [-0.2, 0) is 25.9 Å². The highest BCUT2D eigenvalue weighted by atomic mass is 32.2. The molecule has 1 amide bonds. The van der Waals surface area contributed by atoms with E-state index in [1.165, 1.54) is 9.21 Å². The summed E-state index contributed by atoms with van der Waals surface area (Å²) in [5.41, 5.74) is 1.75. The Morgan fingerprint density at radius 2 is 1.76 bits per heavy atom. The lowest BCUT2D eigenvalue weighted by atomic mass is 9.93. The first-order chi connectivity index (χ1) is 18.1. The van der Waals surface area contributed by atoms with Gasteiger partial charge in [-0.25, -0.2) is 8.42 Å². The number of carboxylic acid groups (broad SMARTS) is 1. The maximum absolute atomic E-state index is 13.6. The average Bonchev–Trinajstić information content (AvgIpc) is 3.49. The molecule has 208 valence electrons. The van der Waals surface area contributed by atoms with Crippen molar-refractivity contribution in [3.63, 3.8) is 0 Å². The summed E-state index contributed by atoms with van der Waals surface area (Å²) in [5.74, 6) is -0.201. The number of hydrogen-bond donors (Lipinski definition) is 1. The van der Waals surface area contributed by atoms with E-state index >= 15 is 0 Å². The van der Waals surface area contributed by atoms with Crippen molar-refractivity contribution in [2.75, 3.05) is 26.3 Å². The van der Waals surface area contributed by atoms with Gasteiger partial charge >= 0.3 is 0 Å². The fraction of sp³-hybridized carbons (Fsp3) is 0.536. The van der Waals surface area contributed by atoms with Crippen LogP contribution in [0, 0.1) is 18.8 Å². The van der Waals surface area contributed by atoms with E-state index in [0.717, 1.165) is 11.1 Å². The van der Waals surface area contributed by atoms with E-state index in [0.29, 0.717) is 13.0 Å². The largest absolute Gasteiger partial charge is 0.530 e. The molecule has 2 saturated heterocycles. The zero-order chi connectivity index (χ0) is 27.4. The Balaban J connectivity index is 1.67. The van der Waals surface area contributed by atoms with E-state index < -0.39 is 40.6 Å². The van der Waals surface area contributed by atoms with E-state index in [1.807, 2.05) is 51.1 Å². The van der Waals surface area contributed by atoms with Gasteiger partial charge in [-0.3, -0.25) is 0 Å². The normalized spacial score (nSPS) is 22.9. The lowest BCUT2D eigenvalue weighted by Gasteiger charge is -2.43. The first-order valence-corrected chi connectivity index (χ1v) is 14.5. The lowest BCUT2D eigenvalue weighted by Crippen LogP contribution is -2.61. The molecule has 2 aliphatic rings. The summed E-state index contributed by atoms with van der Waals surface area (Å²) in [4.78, 5) is 13.9. The summed E-state index contributed by atoms with van der Waals surface area (Å²) in [7, 11) is -3.95. The quantitative estimate of drug-likeness (QED) is 0.459. The van der Waals surface area contributed by atoms with Crippen molar-refractivity contribution >= 4 is 16.1 Å². The molecule has 38 heavy (non-hydrogen) atoms. The third-order valence-electron chi connectivity index (χ3n) is 7.28. The summed E-state index contributed by atoms with van der Waals surface area (Å²) in [6.45, 7) is 6.16. The zero-order valence-corrected chi connectivity index (χ0v) is 22.9. The molecule has 9 nitrogen and oxygen atoms in total. The molecule has 2 aromatic rings. The molecule has 1 N–H and O–H groups in total. The Morgan fingerprint density at radius 3 is 2.39 bits per heavy atom. The second-order valence-corrected chi connectivity index (χ2v) is 12.6. The Labute approximate surface area is 225 Å². The monoisotopic (exact) mass is 545 g/mol. The number of nitrogens with zero attached hydrogens (tertiary/aromatic N) is 2. The maximum Gasteiger partial charge on any atom is 0.243 e. The van der Waals surface area contributed by atoms with Crippen molar-refractivity contribution in [2.45, 2.75) is 63.0 Å². The summed E-state index contributed by atoms with van der Waals surface area (Å²) in [5, 5.41) is 24.2. The lowest BCUT2D eigenvalue weighted by molar-refractivity contribution is -0.273. The van der Waals surface area contributed by atoms with Gasteiger partial charge in [0, 0.05) is 19.0 Å². The molecule has 10 heteroatoms. The number of fused-ring (bicyclic) bond motifs is 1. The van der Waals surface area contributed by atoms with Gasteiger partial charge < -0.3 is 29.4 Å². The van der Waals surface area contributed by atoms with E-state index in [2.05, 4.69) is 0 Å². The summed E-state index contributed by atoms with van der Waals surface area (Å²) < 4.78 is 39.8. The smallest absolute Gasteiger partial charge is 0.243 e. The minimum absolute atomic E-state index is 0.0214. The second-order valence-electron chi connectivity index (χ2n) is 10.6. The Kier molecular flexibility index (Phi) is 9.10. The molecule has 2 heterocycles. The van der Waals surface area contributed by atoms with Crippen LogP contribution in [0.2, 0.25) is 0 Å². The summed E-state index contributed by atoms with van der Waals surface area (Å²) in [6, 6.07) is 14.3. The minimum atomic E-state index is -3.95. The number of carbonyl (C=O) groups is 1. The van der Waals surface area contributed by atoms with E-state index in [9.17, 15) is 23.4 Å².